The molecule has 1 heterocycles. The molecule has 0 aliphatic heterocycles. The van der Waals surface area contributed by atoms with E-state index in [1.807, 2.05) is 47.8 Å². The normalized spacial score (nSPS) is 10.5. The van der Waals surface area contributed by atoms with Gasteiger partial charge in [0, 0.05) is 10.9 Å². The quantitative estimate of drug-likeness (QED) is 0.582. The van der Waals surface area contributed by atoms with Crippen molar-refractivity contribution in [2.45, 2.75) is 0 Å². The lowest BCUT2D eigenvalue weighted by Gasteiger charge is -1.96. The molecule has 4 nitrogen and oxygen atoms in total. The molecule has 5 heteroatoms. The zero-order chi connectivity index (χ0) is 15.2. The molecule has 0 aliphatic carbocycles. The Labute approximate surface area is 132 Å². The average Bonchev–Trinajstić information content (AvgIpc) is 3.05. The minimum absolute atomic E-state index is 0.637. The van der Waals surface area contributed by atoms with E-state index >= 15 is 0 Å². The number of hydrogen-bond donors (Lipinski definition) is 1. The van der Waals surface area contributed by atoms with Crippen molar-refractivity contribution in [2.24, 2.45) is 5.10 Å². The van der Waals surface area contributed by atoms with Crippen LogP contribution < -0.4 is 5.43 Å². The second-order valence-electron chi connectivity index (χ2n) is 4.51. The van der Waals surface area contributed by atoms with E-state index in [1.165, 1.54) is 11.3 Å². The van der Waals surface area contributed by atoms with Crippen LogP contribution in [-0.2, 0) is 0 Å². The molecular weight excluding hydrogens is 292 g/mol. The van der Waals surface area contributed by atoms with Gasteiger partial charge >= 0.3 is 0 Å². The van der Waals surface area contributed by atoms with Gasteiger partial charge in [0.1, 0.15) is 0 Å². The van der Waals surface area contributed by atoms with Crippen LogP contribution in [0.3, 0.4) is 0 Å². The third-order valence-corrected chi connectivity index (χ3v) is 3.73. The molecule has 0 radical (unpaired) electrons. The summed E-state index contributed by atoms with van der Waals surface area (Å²) >= 11 is 1.51. The van der Waals surface area contributed by atoms with Crippen molar-refractivity contribution >= 4 is 22.7 Å². The highest BCUT2D eigenvalue weighted by Gasteiger charge is 2.02. The van der Waals surface area contributed by atoms with Crippen LogP contribution in [0.2, 0.25) is 0 Å². The third kappa shape index (κ3) is 3.37. The molecule has 1 N–H and O–H groups in total. The summed E-state index contributed by atoms with van der Waals surface area (Å²) in [4.78, 5) is 4.49. The lowest BCUT2D eigenvalue weighted by Crippen LogP contribution is -1.90. The Morgan fingerprint density at radius 3 is 2.59 bits per heavy atom. The number of nitriles is 1. The number of nitrogens with zero attached hydrogens (tertiary/aromatic N) is 3. The van der Waals surface area contributed by atoms with Crippen molar-refractivity contribution in [1.82, 2.24) is 4.98 Å². The molecular formula is C17H12N4S. The molecule has 2 aromatic carbocycles. The Bertz CT molecular complexity index is 814. The van der Waals surface area contributed by atoms with Crippen molar-refractivity contribution in [3.8, 4) is 17.3 Å². The highest BCUT2D eigenvalue weighted by Crippen LogP contribution is 2.24. The first kappa shape index (κ1) is 14.0. The molecule has 3 rings (SSSR count). The third-order valence-electron chi connectivity index (χ3n) is 2.99. The van der Waals surface area contributed by atoms with Crippen molar-refractivity contribution in [3.05, 3.63) is 71.1 Å². The second kappa shape index (κ2) is 6.66. The second-order valence-corrected chi connectivity index (χ2v) is 5.37. The number of benzene rings is 2. The van der Waals surface area contributed by atoms with Gasteiger partial charge in [-0.25, -0.2) is 4.98 Å². The van der Waals surface area contributed by atoms with E-state index in [2.05, 4.69) is 21.6 Å². The number of hydrogen-bond acceptors (Lipinski definition) is 5. The SMILES string of the molecule is N#Cc1ccc(/C=N\Nc2nc(-c3ccccc3)cs2)cc1. The fourth-order valence-corrected chi connectivity index (χ4v) is 2.54. The molecule has 0 saturated heterocycles. The van der Waals surface area contributed by atoms with Crippen molar-refractivity contribution in [1.29, 1.82) is 5.26 Å². The van der Waals surface area contributed by atoms with Crippen LogP contribution in [0, 0.1) is 11.3 Å². The van der Waals surface area contributed by atoms with Gasteiger partial charge < -0.3 is 0 Å². The van der Waals surface area contributed by atoms with Crippen LogP contribution in [0.1, 0.15) is 11.1 Å². The summed E-state index contributed by atoms with van der Waals surface area (Å²) in [5.74, 6) is 0. The zero-order valence-corrected chi connectivity index (χ0v) is 12.4. The topological polar surface area (TPSA) is 61.1 Å². The molecule has 0 spiro atoms. The van der Waals surface area contributed by atoms with Crippen molar-refractivity contribution in [3.63, 3.8) is 0 Å². The summed E-state index contributed by atoms with van der Waals surface area (Å²) in [6.07, 6.45) is 1.70. The van der Waals surface area contributed by atoms with Gasteiger partial charge in [0.05, 0.1) is 23.5 Å². The molecule has 106 valence electrons. The zero-order valence-electron chi connectivity index (χ0n) is 11.6. The first-order chi connectivity index (χ1) is 10.8. The van der Waals surface area contributed by atoms with E-state index in [4.69, 9.17) is 5.26 Å². The summed E-state index contributed by atoms with van der Waals surface area (Å²) in [6, 6.07) is 19.3. The number of thiazole rings is 1. The maximum atomic E-state index is 8.75. The summed E-state index contributed by atoms with van der Waals surface area (Å²) in [7, 11) is 0. The molecule has 1 aromatic heterocycles. The number of aromatic nitrogens is 1. The fourth-order valence-electron chi connectivity index (χ4n) is 1.87. The van der Waals surface area contributed by atoms with Gasteiger partial charge in [-0.1, -0.05) is 42.5 Å². The van der Waals surface area contributed by atoms with Crippen LogP contribution >= 0.6 is 11.3 Å². The van der Waals surface area contributed by atoms with Crippen LogP contribution in [-0.4, -0.2) is 11.2 Å². The summed E-state index contributed by atoms with van der Waals surface area (Å²) < 4.78 is 0. The Morgan fingerprint density at radius 2 is 1.86 bits per heavy atom. The van der Waals surface area contributed by atoms with Crippen LogP contribution in [0.5, 0.6) is 0 Å². The van der Waals surface area contributed by atoms with E-state index in [0.29, 0.717) is 5.56 Å². The maximum absolute atomic E-state index is 8.75. The lowest BCUT2D eigenvalue weighted by molar-refractivity contribution is 1.29. The first-order valence-corrected chi connectivity index (χ1v) is 7.53. The standard InChI is InChI=1S/C17H12N4S/c18-10-13-6-8-14(9-7-13)11-19-21-17-20-16(12-22-17)15-4-2-1-3-5-15/h1-9,11-12H,(H,20,21)/b19-11-. The predicted octanol–water partition coefficient (Wildman–Crippen LogP) is 4.13. The van der Waals surface area contributed by atoms with Gasteiger partial charge in [-0.05, 0) is 17.7 Å². The van der Waals surface area contributed by atoms with E-state index in [9.17, 15) is 0 Å². The van der Waals surface area contributed by atoms with E-state index < -0.39 is 0 Å². The minimum Gasteiger partial charge on any atom is -0.253 e. The minimum atomic E-state index is 0.637. The summed E-state index contributed by atoms with van der Waals surface area (Å²) in [5.41, 5.74) is 6.50. The van der Waals surface area contributed by atoms with Gasteiger partial charge in [-0.3, -0.25) is 5.43 Å². The largest absolute Gasteiger partial charge is 0.253 e. The monoisotopic (exact) mass is 304 g/mol. The molecule has 0 saturated carbocycles. The maximum Gasteiger partial charge on any atom is 0.203 e. The van der Waals surface area contributed by atoms with E-state index in [1.54, 1.807) is 18.3 Å². The number of rotatable bonds is 4. The van der Waals surface area contributed by atoms with Gasteiger partial charge in [0.15, 0.2) is 0 Å². The van der Waals surface area contributed by atoms with Crippen molar-refractivity contribution < 1.29 is 0 Å². The van der Waals surface area contributed by atoms with Gasteiger partial charge in [0.25, 0.3) is 0 Å². The molecule has 0 aliphatic rings. The molecule has 0 amide bonds. The predicted molar refractivity (Wildman–Crippen MR) is 89.9 cm³/mol. The number of hydrazone groups is 1. The lowest BCUT2D eigenvalue weighted by atomic mass is 10.2. The molecule has 3 aromatic rings. The summed E-state index contributed by atoms with van der Waals surface area (Å²) in [6.45, 7) is 0. The Kier molecular flexibility index (Phi) is 4.23. The fraction of sp³-hybridized carbons (Fsp3) is 0. The van der Waals surface area contributed by atoms with E-state index in [-0.39, 0.29) is 0 Å². The summed E-state index contributed by atoms with van der Waals surface area (Å²) in [5, 5.41) is 15.6. The Morgan fingerprint density at radius 1 is 1.09 bits per heavy atom. The molecule has 22 heavy (non-hydrogen) atoms. The van der Waals surface area contributed by atoms with Gasteiger partial charge in [-0.15, -0.1) is 11.3 Å². The average molecular weight is 304 g/mol. The highest BCUT2D eigenvalue weighted by atomic mass is 32.1. The van der Waals surface area contributed by atoms with Crippen LogP contribution in [0.15, 0.2) is 65.1 Å². The van der Waals surface area contributed by atoms with Crippen LogP contribution in [0.25, 0.3) is 11.3 Å². The smallest absolute Gasteiger partial charge is 0.203 e. The Hall–Kier alpha value is -2.97. The van der Waals surface area contributed by atoms with Gasteiger partial charge in [0.2, 0.25) is 5.13 Å². The molecule has 0 bridgehead atoms. The Balaban J connectivity index is 1.65. The van der Waals surface area contributed by atoms with Crippen molar-refractivity contribution in [2.75, 3.05) is 5.43 Å². The first-order valence-electron chi connectivity index (χ1n) is 6.65. The van der Waals surface area contributed by atoms with Crippen LogP contribution in [0.4, 0.5) is 5.13 Å². The number of nitrogens with one attached hydrogen (secondary N) is 1. The van der Waals surface area contributed by atoms with E-state index in [0.717, 1.165) is 22.0 Å². The highest BCUT2D eigenvalue weighted by molar-refractivity contribution is 7.14. The number of anilines is 1. The molecule has 0 unspecified atom stereocenters. The molecule has 0 fully saturated rings. The van der Waals surface area contributed by atoms with Gasteiger partial charge in [-0.2, -0.15) is 10.4 Å². The molecule has 0 atom stereocenters.